The molecule has 2 N–H and O–H groups in total. The normalized spacial score (nSPS) is 14.8. The summed E-state index contributed by atoms with van der Waals surface area (Å²) in [5, 5.41) is 6.58. The summed E-state index contributed by atoms with van der Waals surface area (Å²) in [5.74, 6) is 0.549. The second kappa shape index (κ2) is 10.7. The molecule has 0 aromatic heterocycles. The maximum atomic E-state index is 14.5. The van der Waals surface area contributed by atoms with E-state index in [1.807, 2.05) is 42.2 Å². The van der Waals surface area contributed by atoms with Crippen LogP contribution < -0.4 is 15.5 Å². The molecule has 2 aromatic rings. The molecule has 0 amide bonds. The fourth-order valence-electron chi connectivity index (χ4n) is 3.19. The topological polar surface area (TPSA) is 48.9 Å². The van der Waals surface area contributed by atoms with Gasteiger partial charge in [0.15, 0.2) is 5.96 Å². The van der Waals surface area contributed by atoms with Crippen molar-refractivity contribution in [3.63, 3.8) is 0 Å². The number of halogens is 1. The number of hydrogen-bond acceptors (Lipinski definition) is 3. The first kappa shape index (κ1) is 20.1. The highest BCUT2D eigenvalue weighted by atomic mass is 19.1. The van der Waals surface area contributed by atoms with Gasteiger partial charge in [-0.15, -0.1) is 0 Å². The van der Waals surface area contributed by atoms with Gasteiger partial charge in [0.1, 0.15) is 5.82 Å². The van der Waals surface area contributed by atoms with Gasteiger partial charge in [0.25, 0.3) is 0 Å². The highest BCUT2D eigenvalue weighted by molar-refractivity contribution is 5.79. The van der Waals surface area contributed by atoms with Gasteiger partial charge in [-0.1, -0.05) is 36.4 Å². The summed E-state index contributed by atoms with van der Waals surface area (Å²) >= 11 is 0. The molecule has 0 saturated carbocycles. The van der Waals surface area contributed by atoms with Crippen molar-refractivity contribution in [1.29, 1.82) is 0 Å². The molecule has 28 heavy (non-hydrogen) atoms. The number of nitrogens with zero attached hydrogens (tertiary/aromatic N) is 2. The molecule has 0 atom stereocenters. The Kier molecular flexibility index (Phi) is 7.67. The second-order valence-corrected chi connectivity index (χ2v) is 6.74. The number of aliphatic imine (C=N–C) groups is 1. The largest absolute Gasteiger partial charge is 0.378 e. The van der Waals surface area contributed by atoms with Crippen LogP contribution in [0.1, 0.15) is 18.1 Å². The van der Waals surface area contributed by atoms with Crippen LogP contribution in [0.25, 0.3) is 0 Å². The molecule has 5 nitrogen and oxygen atoms in total. The average Bonchev–Trinajstić information content (AvgIpc) is 2.73. The molecule has 0 spiro atoms. The Balaban J connectivity index is 1.56. The predicted molar refractivity (Wildman–Crippen MR) is 112 cm³/mol. The van der Waals surface area contributed by atoms with Crippen LogP contribution in [0.5, 0.6) is 0 Å². The summed E-state index contributed by atoms with van der Waals surface area (Å²) < 4.78 is 19.9. The molecule has 1 aliphatic rings. The van der Waals surface area contributed by atoms with Gasteiger partial charge in [-0.25, -0.2) is 9.38 Å². The number of anilines is 1. The Hall–Kier alpha value is -2.60. The third kappa shape index (κ3) is 5.96. The summed E-state index contributed by atoms with van der Waals surface area (Å²) in [5.41, 5.74) is 2.78. The highest BCUT2D eigenvalue weighted by Gasteiger charge is 2.15. The van der Waals surface area contributed by atoms with E-state index in [0.717, 1.165) is 44.1 Å². The Morgan fingerprint density at radius 2 is 1.86 bits per heavy atom. The van der Waals surface area contributed by atoms with Crippen LogP contribution in [0.2, 0.25) is 0 Å². The van der Waals surface area contributed by atoms with Crippen molar-refractivity contribution < 1.29 is 9.13 Å². The number of nitrogens with one attached hydrogen (secondary N) is 2. The molecule has 0 aliphatic carbocycles. The number of guanidine groups is 1. The molecule has 1 aliphatic heterocycles. The molecule has 0 unspecified atom stereocenters. The lowest BCUT2D eigenvalue weighted by molar-refractivity contribution is 0.122. The minimum absolute atomic E-state index is 0.198. The third-order valence-electron chi connectivity index (χ3n) is 4.68. The zero-order chi connectivity index (χ0) is 19.6. The van der Waals surface area contributed by atoms with Crippen molar-refractivity contribution in [3.05, 3.63) is 65.5 Å². The van der Waals surface area contributed by atoms with Gasteiger partial charge in [-0.3, -0.25) is 0 Å². The first-order chi connectivity index (χ1) is 13.8. The lowest BCUT2D eigenvalue weighted by Crippen LogP contribution is -2.38. The van der Waals surface area contributed by atoms with Crippen LogP contribution in [0.3, 0.4) is 0 Å². The quantitative estimate of drug-likeness (QED) is 0.569. The summed E-state index contributed by atoms with van der Waals surface area (Å²) in [4.78, 5) is 6.62. The molecule has 0 bridgehead atoms. The van der Waals surface area contributed by atoms with Gasteiger partial charge in [-0.05, 0) is 36.6 Å². The predicted octanol–water partition coefficient (Wildman–Crippen LogP) is 2.96. The van der Waals surface area contributed by atoms with E-state index in [-0.39, 0.29) is 5.82 Å². The van der Waals surface area contributed by atoms with E-state index in [9.17, 15) is 4.39 Å². The molecule has 0 radical (unpaired) electrons. The first-order valence-corrected chi connectivity index (χ1v) is 9.93. The van der Waals surface area contributed by atoms with E-state index in [2.05, 4.69) is 27.8 Å². The zero-order valence-electron chi connectivity index (χ0n) is 16.5. The lowest BCUT2D eigenvalue weighted by atomic mass is 10.1. The molecular formula is C22H29FN4O. The summed E-state index contributed by atoms with van der Waals surface area (Å²) in [7, 11) is 0. The minimum atomic E-state index is -0.198. The van der Waals surface area contributed by atoms with Crippen molar-refractivity contribution in [2.75, 3.05) is 44.3 Å². The van der Waals surface area contributed by atoms with E-state index in [1.54, 1.807) is 6.07 Å². The van der Waals surface area contributed by atoms with Crippen molar-refractivity contribution in [2.24, 2.45) is 4.99 Å². The minimum Gasteiger partial charge on any atom is -0.378 e. The highest BCUT2D eigenvalue weighted by Crippen LogP contribution is 2.21. The van der Waals surface area contributed by atoms with Crippen LogP contribution in [0.15, 0.2) is 53.5 Å². The zero-order valence-corrected chi connectivity index (χ0v) is 16.5. The molecule has 3 rings (SSSR count). The third-order valence-corrected chi connectivity index (χ3v) is 4.68. The Labute approximate surface area is 166 Å². The number of rotatable bonds is 7. The van der Waals surface area contributed by atoms with Crippen LogP contribution in [-0.4, -0.2) is 45.4 Å². The van der Waals surface area contributed by atoms with Gasteiger partial charge in [-0.2, -0.15) is 0 Å². The van der Waals surface area contributed by atoms with Crippen molar-refractivity contribution in [2.45, 2.75) is 19.9 Å². The van der Waals surface area contributed by atoms with Gasteiger partial charge in [0, 0.05) is 26.2 Å². The van der Waals surface area contributed by atoms with Crippen LogP contribution >= 0.6 is 0 Å². The first-order valence-electron chi connectivity index (χ1n) is 9.93. The maximum Gasteiger partial charge on any atom is 0.191 e. The van der Waals surface area contributed by atoms with Crippen LogP contribution in [0, 0.1) is 5.82 Å². The number of ether oxygens (including phenoxy) is 1. The van der Waals surface area contributed by atoms with Crippen LogP contribution in [0.4, 0.5) is 10.1 Å². The van der Waals surface area contributed by atoms with E-state index < -0.39 is 0 Å². The fourth-order valence-corrected chi connectivity index (χ4v) is 3.19. The second-order valence-electron chi connectivity index (χ2n) is 6.74. The Morgan fingerprint density at radius 1 is 1.07 bits per heavy atom. The average molecular weight is 384 g/mol. The molecule has 1 heterocycles. The maximum absolute atomic E-state index is 14.5. The number of hydrogen-bond donors (Lipinski definition) is 2. The molecule has 1 fully saturated rings. The summed E-state index contributed by atoms with van der Waals surface area (Å²) in [6, 6.07) is 15.7. The Bertz CT molecular complexity index is 760. The van der Waals surface area contributed by atoms with Crippen molar-refractivity contribution in [3.8, 4) is 0 Å². The molecule has 1 saturated heterocycles. The summed E-state index contributed by atoms with van der Waals surface area (Å²) in [6.45, 7) is 6.78. The molecular weight excluding hydrogens is 355 g/mol. The molecule has 150 valence electrons. The van der Waals surface area contributed by atoms with E-state index in [1.165, 1.54) is 5.56 Å². The van der Waals surface area contributed by atoms with E-state index in [0.29, 0.717) is 25.4 Å². The van der Waals surface area contributed by atoms with Gasteiger partial charge >= 0.3 is 0 Å². The lowest BCUT2D eigenvalue weighted by Gasteiger charge is -2.29. The smallest absolute Gasteiger partial charge is 0.191 e. The summed E-state index contributed by atoms with van der Waals surface area (Å²) in [6.07, 6.45) is 0.925. The van der Waals surface area contributed by atoms with Gasteiger partial charge in [0.2, 0.25) is 0 Å². The monoisotopic (exact) mass is 384 g/mol. The van der Waals surface area contributed by atoms with Crippen LogP contribution in [-0.2, 0) is 17.7 Å². The fraction of sp³-hybridized carbons (Fsp3) is 0.409. The Morgan fingerprint density at radius 3 is 2.57 bits per heavy atom. The van der Waals surface area contributed by atoms with Crippen molar-refractivity contribution >= 4 is 11.6 Å². The SMILES string of the molecule is CCNC(=NCc1ccc(N2CCOCC2)c(F)c1)NCCc1ccccc1. The van der Waals surface area contributed by atoms with E-state index in [4.69, 9.17) is 4.74 Å². The molecule has 2 aromatic carbocycles. The van der Waals surface area contributed by atoms with E-state index >= 15 is 0 Å². The van der Waals surface area contributed by atoms with Gasteiger partial charge < -0.3 is 20.3 Å². The number of benzene rings is 2. The van der Waals surface area contributed by atoms with Crippen molar-refractivity contribution in [1.82, 2.24) is 10.6 Å². The number of morpholine rings is 1. The molecule has 6 heteroatoms. The van der Waals surface area contributed by atoms with Gasteiger partial charge in [0.05, 0.1) is 25.4 Å². The standard InChI is InChI=1S/C22H29FN4O/c1-2-24-22(25-11-10-18-6-4-3-5-7-18)26-17-19-8-9-21(20(23)16-19)27-12-14-28-15-13-27/h3-9,16H,2,10-15,17H2,1H3,(H2,24,25,26).